The summed E-state index contributed by atoms with van der Waals surface area (Å²) in [4.78, 5) is 28.4. The van der Waals surface area contributed by atoms with Gasteiger partial charge in [-0.15, -0.1) is 0 Å². The number of amides is 2. The number of aromatic hydroxyl groups is 1. The molecule has 132 valence electrons. The zero-order valence-corrected chi connectivity index (χ0v) is 16.3. The van der Waals surface area contributed by atoms with Gasteiger partial charge in [0, 0.05) is 22.8 Å². The Balaban J connectivity index is 2.34. The Morgan fingerprint density at radius 2 is 1.84 bits per heavy atom. The van der Waals surface area contributed by atoms with E-state index >= 15 is 0 Å². The number of pyridine rings is 1. The quantitative estimate of drug-likeness (QED) is 0.483. The Kier molecular flexibility index (Phi) is 6.26. The van der Waals surface area contributed by atoms with Crippen LogP contribution in [0.15, 0.2) is 28.9 Å². The van der Waals surface area contributed by atoms with E-state index in [9.17, 15) is 14.7 Å². The SMILES string of the molecule is CC(C)NC(=O)c1cc(NC(=O)c2cc(Br)cnc2Cl)c(O)cc1Cl. The molecule has 6 nitrogen and oxygen atoms in total. The van der Waals surface area contributed by atoms with Crippen LogP contribution >= 0.6 is 39.1 Å². The molecule has 0 aliphatic heterocycles. The minimum Gasteiger partial charge on any atom is -0.506 e. The van der Waals surface area contributed by atoms with Crippen LogP contribution in [0.4, 0.5) is 5.69 Å². The van der Waals surface area contributed by atoms with Crippen molar-refractivity contribution in [2.24, 2.45) is 0 Å². The predicted molar refractivity (Wildman–Crippen MR) is 101 cm³/mol. The summed E-state index contributed by atoms with van der Waals surface area (Å²) in [7, 11) is 0. The lowest BCUT2D eigenvalue weighted by atomic mass is 10.1. The van der Waals surface area contributed by atoms with Crippen LogP contribution in [0.1, 0.15) is 34.6 Å². The Morgan fingerprint density at radius 1 is 1.16 bits per heavy atom. The van der Waals surface area contributed by atoms with Gasteiger partial charge in [-0.25, -0.2) is 4.98 Å². The highest BCUT2D eigenvalue weighted by atomic mass is 79.9. The van der Waals surface area contributed by atoms with E-state index in [0.29, 0.717) is 4.47 Å². The number of phenolic OH excluding ortho intramolecular Hbond substituents is 1. The second-order valence-electron chi connectivity index (χ2n) is 5.42. The van der Waals surface area contributed by atoms with Gasteiger partial charge >= 0.3 is 0 Å². The van der Waals surface area contributed by atoms with Gasteiger partial charge in [0.05, 0.1) is 21.8 Å². The molecule has 2 rings (SSSR count). The van der Waals surface area contributed by atoms with Gasteiger partial charge in [0.2, 0.25) is 0 Å². The third-order valence-corrected chi connectivity index (χ3v) is 4.10. The third-order valence-electron chi connectivity index (χ3n) is 3.05. The highest BCUT2D eigenvalue weighted by molar-refractivity contribution is 9.10. The van der Waals surface area contributed by atoms with Crippen LogP contribution in [0.5, 0.6) is 5.75 Å². The lowest BCUT2D eigenvalue weighted by Crippen LogP contribution is -2.30. The molecule has 1 aromatic heterocycles. The summed E-state index contributed by atoms with van der Waals surface area (Å²) < 4.78 is 0.569. The number of phenols is 1. The van der Waals surface area contributed by atoms with Gasteiger partial charge in [-0.3, -0.25) is 9.59 Å². The molecule has 0 unspecified atom stereocenters. The number of anilines is 1. The average Bonchev–Trinajstić information content (AvgIpc) is 2.51. The van der Waals surface area contributed by atoms with E-state index in [4.69, 9.17) is 23.2 Å². The van der Waals surface area contributed by atoms with Crippen LogP contribution in [0.25, 0.3) is 0 Å². The zero-order valence-electron chi connectivity index (χ0n) is 13.2. The van der Waals surface area contributed by atoms with Crippen molar-refractivity contribution in [1.82, 2.24) is 10.3 Å². The summed E-state index contributed by atoms with van der Waals surface area (Å²) in [5.41, 5.74) is 0.264. The molecule has 0 spiro atoms. The van der Waals surface area contributed by atoms with Gasteiger partial charge in [0.25, 0.3) is 11.8 Å². The van der Waals surface area contributed by atoms with E-state index in [2.05, 4.69) is 31.5 Å². The topological polar surface area (TPSA) is 91.3 Å². The van der Waals surface area contributed by atoms with Crippen LogP contribution < -0.4 is 10.6 Å². The number of benzene rings is 1. The number of hydrogen-bond donors (Lipinski definition) is 3. The zero-order chi connectivity index (χ0) is 18.7. The lowest BCUT2D eigenvalue weighted by Gasteiger charge is -2.13. The molecule has 1 heterocycles. The van der Waals surface area contributed by atoms with E-state index in [1.165, 1.54) is 24.4 Å². The van der Waals surface area contributed by atoms with Crippen molar-refractivity contribution in [2.75, 3.05) is 5.32 Å². The summed E-state index contributed by atoms with van der Waals surface area (Å²) in [5, 5.41) is 15.3. The summed E-state index contributed by atoms with van der Waals surface area (Å²) in [5.74, 6) is -1.29. The van der Waals surface area contributed by atoms with Crippen molar-refractivity contribution in [2.45, 2.75) is 19.9 Å². The first-order chi connectivity index (χ1) is 11.7. The molecular formula is C16H14BrCl2N3O3. The minimum atomic E-state index is -0.591. The van der Waals surface area contributed by atoms with Crippen LogP contribution in [-0.4, -0.2) is 27.9 Å². The van der Waals surface area contributed by atoms with Crippen molar-refractivity contribution in [3.8, 4) is 5.75 Å². The summed E-state index contributed by atoms with van der Waals surface area (Å²) >= 11 is 15.1. The fourth-order valence-electron chi connectivity index (χ4n) is 1.95. The molecule has 0 aliphatic rings. The van der Waals surface area contributed by atoms with Gasteiger partial charge in [-0.2, -0.15) is 0 Å². The second-order valence-corrected chi connectivity index (χ2v) is 7.10. The van der Waals surface area contributed by atoms with Gasteiger partial charge < -0.3 is 15.7 Å². The number of carbonyl (C=O) groups is 2. The summed E-state index contributed by atoms with van der Waals surface area (Å²) in [6, 6.07) is 3.88. The first-order valence-corrected chi connectivity index (χ1v) is 8.69. The number of aromatic nitrogens is 1. The molecule has 0 radical (unpaired) electrons. The van der Waals surface area contributed by atoms with Crippen molar-refractivity contribution in [3.63, 3.8) is 0 Å². The highest BCUT2D eigenvalue weighted by Gasteiger charge is 2.18. The van der Waals surface area contributed by atoms with Gasteiger partial charge in [0.1, 0.15) is 10.9 Å². The Morgan fingerprint density at radius 3 is 2.48 bits per heavy atom. The van der Waals surface area contributed by atoms with E-state index in [0.717, 1.165) is 0 Å². The summed E-state index contributed by atoms with van der Waals surface area (Å²) in [6.45, 7) is 3.61. The van der Waals surface area contributed by atoms with Crippen molar-refractivity contribution >= 4 is 56.6 Å². The smallest absolute Gasteiger partial charge is 0.258 e. The van der Waals surface area contributed by atoms with E-state index in [1.807, 2.05) is 0 Å². The number of nitrogens with one attached hydrogen (secondary N) is 2. The molecule has 0 atom stereocenters. The maximum Gasteiger partial charge on any atom is 0.258 e. The molecule has 0 bridgehead atoms. The van der Waals surface area contributed by atoms with Crippen molar-refractivity contribution in [3.05, 3.63) is 50.2 Å². The second kappa shape index (κ2) is 8.03. The van der Waals surface area contributed by atoms with E-state index < -0.39 is 11.8 Å². The maximum absolute atomic E-state index is 12.4. The van der Waals surface area contributed by atoms with E-state index in [-0.39, 0.29) is 38.8 Å². The fourth-order valence-corrected chi connectivity index (χ4v) is 2.71. The lowest BCUT2D eigenvalue weighted by molar-refractivity contribution is 0.0942. The highest BCUT2D eigenvalue weighted by Crippen LogP contribution is 2.31. The monoisotopic (exact) mass is 445 g/mol. The number of rotatable bonds is 4. The molecule has 0 saturated carbocycles. The van der Waals surface area contributed by atoms with Gasteiger partial charge in [-0.1, -0.05) is 23.2 Å². The first kappa shape index (κ1) is 19.5. The summed E-state index contributed by atoms with van der Waals surface area (Å²) in [6.07, 6.45) is 1.45. The number of nitrogens with zero attached hydrogens (tertiary/aromatic N) is 1. The van der Waals surface area contributed by atoms with Gasteiger partial charge in [0.15, 0.2) is 0 Å². The third kappa shape index (κ3) is 4.84. The average molecular weight is 447 g/mol. The van der Waals surface area contributed by atoms with Crippen molar-refractivity contribution in [1.29, 1.82) is 0 Å². The number of halogens is 3. The molecular weight excluding hydrogens is 433 g/mol. The molecule has 0 aliphatic carbocycles. The molecule has 2 aromatic rings. The van der Waals surface area contributed by atoms with E-state index in [1.54, 1.807) is 13.8 Å². The van der Waals surface area contributed by atoms with Crippen LogP contribution in [-0.2, 0) is 0 Å². The van der Waals surface area contributed by atoms with Crippen LogP contribution in [0.3, 0.4) is 0 Å². The van der Waals surface area contributed by atoms with Crippen LogP contribution in [0, 0.1) is 0 Å². The Bertz CT molecular complexity index is 844. The van der Waals surface area contributed by atoms with Gasteiger partial charge in [-0.05, 0) is 41.9 Å². The largest absolute Gasteiger partial charge is 0.506 e. The Hall–Kier alpha value is -1.83. The molecule has 9 heteroatoms. The predicted octanol–water partition coefficient (Wildman–Crippen LogP) is 4.25. The molecule has 3 N–H and O–H groups in total. The normalized spacial score (nSPS) is 10.6. The molecule has 0 saturated heterocycles. The molecule has 1 aromatic carbocycles. The fraction of sp³-hybridized carbons (Fsp3) is 0.188. The number of hydrogen-bond acceptors (Lipinski definition) is 4. The maximum atomic E-state index is 12.4. The molecule has 2 amide bonds. The minimum absolute atomic E-state index is 0.00641. The van der Waals surface area contributed by atoms with Crippen molar-refractivity contribution < 1.29 is 14.7 Å². The standard InChI is InChI=1S/C16H14BrCl2N3O3/c1-7(2)21-15(24)9-4-12(13(23)5-11(9)18)22-16(25)10-3-8(17)6-20-14(10)19/h3-7,23H,1-2H3,(H,21,24)(H,22,25). The Labute approximate surface area is 162 Å². The van der Waals surface area contributed by atoms with Crippen LogP contribution in [0.2, 0.25) is 10.2 Å². The number of carbonyl (C=O) groups excluding carboxylic acids is 2. The molecule has 25 heavy (non-hydrogen) atoms. The molecule has 0 fully saturated rings. The first-order valence-electron chi connectivity index (χ1n) is 7.14.